The first-order valence-corrected chi connectivity index (χ1v) is 7.07. The van der Waals surface area contributed by atoms with Gasteiger partial charge in [-0.05, 0) is 64.5 Å². The van der Waals surface area contributed by atoms with Crippen molar-refractivity contribution < 1.29 is 0 Å². The van der Waals surface area contributed by atoms with Gasteiger partial charge in [-0.3, -0.25) is 4.90 Å². The maximum Gasteiger partial charge on any atom is 0.0125 e. The van der Waals surface area contributed by atoms with Crippen LogP contribution in [-0.2, 0) is 0 Å². The molecule has 0 aromatic carbocycles. The minimum Gasteiger partial charge on any atom is -0.298 e. The van der Waals surface area contributed by atoms with Crippen molar-refractivity contribution in [2.45, 2.75) is 72.8 Å². The zero-order valence-corrected chi connectivity index (χ0v) is 12.3. The van der Waals surface area contributed by atoms with E-state index in [2.05, 4.69) is 46.4 Å². The first-order chi connectivity index (χ1) is 7.32. The summed E-state index contributed by atoms with van der Waals surface area (Å²) in [5.41, 5.74) is 0.959. The Bertz CT molecular complexity index is 214. The molecule has 0 bridgehead atoms. The van der Waals surface area contributed by atoms with E-state index in [1.165, 1.54) is 38.8 Å². The maximum absolute atomic E-state index is 2.67. The predicted molar refractivity (Wildman–Crippen MR) is 72.7 cm³/mol. The molecule has 16 heavy (non-hydrogen) atoms. The van der Waals surface area contributed by atoms with Crippen LogP contribution in [0.3, 0.4) is 0 Å². The number of nitrogens with zero attached hydrogens (tertiary/aromatic N) is 1. The van der Waals surface area contributed by atoms with Gasteiger partial charge in [-0.1, -0.05) is 27.2 Å². The molecule has 0 aromatic rings. The third-order valence-corrected chi connectivity index (χ3v) is 4.86. The Morgan fingerprint density at radius 2 is 1.75 bits per heavy atom. The van der Waals surface area contributed by atoms with E-state index in [0.717, 1.165) is 5.92 Å². The molecule has 0 amide bonds. The lowest BCUT2D eigenvalue weighted by atomic mass is 9.70. The molecule has 0 radical (unpaired) electrons. The van der Waals surface area contributed by atoms with Crippen LogP contribution in [0.2, 0.25) is 0 Å². The van der Waals surface area contributed by atoms with Crippen LogP contribution >= 0.6 is 0 Å². The SMILES string of the molecule is CCC1(C(C)C)CCCN(C(C)(C)C)CC1. The molecule has 0 aromatic heterocycles. The Morgan fingerprint density at radius 3 is 2.19 bits per heavy atom. The van der Waals surface area contributed by atoms with E-state index in [0.29, 0.717) is 11.0 Å². The van der Waals surface area contributed by atoms with Gasteiger partial charge >= 0.3 is 0 Å². The minimum atomic E-state index is 0.348. The van der Waals surface area contributed by atoms with E-state index in [9.17, 15) is 0 Å². The van der Waals surface area contributed by atoms with E-state index in [-0.39, 0.29) is 0 Å². The standard InChI is InChI=1S/C15H31N/c1-7-15(13(2)3)9-8-11-16(12-10-15)14(4,5)6/h13H,7-12H2,1-6H3. The monoisotopic (exact) mass is 225 g/mol. The largest absolute Gasteiger partial charge is 0.298 e. The molecule has 1 atom stereocenters. The Hall–Kier alpha value is -0.0400. The fourth-order valence-electron chi connectivity index (χ4n) is 3.23. The molecule has 1 heteroatoms. The number of likely N-dealkylation sites (tertiary alicyclic amines) is 1. The molecule has 1 aliphatic rings. The van der Waals surface area contributed by atoms with E-state index in [1.54, 1.807) is 0 Å². The molecule has 1 heterocycles. The zero-order chi connectivity index (χ0) is 12.4. The van der Waals surface area contributed by atoms with Crippen LogP contribution in [0.15, 0.2) is 0 Å². The van der Waals surface area contributed by atoms with E-state index >= 15 is 0 Å². The summed E-state index contributed by atoms with van der Waals surface area (Å²) in [6.45, 7) is 16.8. The lowest BCUT2D eigenvalue weighted by Gasteiger charge is -2.38. The lowest BCUT2D eigenvalue weighted by Crippen LogP contribution is -2.42. The second-order valence-corrected chi connectivity index (χ2v) is 6.88. The molecule has 96 valence electrons. The summed E-state index contributed by atoms with van der Waals surface area (Å²) >= 11 is 0. The van der Waals surface area contributed by atoms with Gasteiger partial charge in [0.05, 0.1) is 0 Å². The second-order valence-electron chi connectivity index (χ2n) is 6.88. The normalized spacial score (nSPS) is 29.4. The van der Waals surface area contributed by atoms with Crippen LogP contribution in [0.1, 0.15) is 67.2 Å². The van der Waals surface area contributed by atoms with Gasteiger partial charge in [-0.25, -0.2) is 0 Å². The molecule has 1 fully saturated rings. The molecule has 0 aliphatic carbocycles. The second kappa shape index (κ2) is 5.08. The van der Waals surface area contributed by atoms with Gasteiger partial charge < -0.3 is 0 Å². The fraction of sp³-hybridized carbons (Fsp3) is 1.00. The molecule has 1 unspecified atom stereocenters. The maximum atomic E-state index is 2.67. The topological polar surface area (TPSA) is 3.24 Å². The fourth-order valence-corrected chi connectivity index (χ4v) is 3.23. The zero-order valence-electron chi connectivity index (χ0n) is 12.3. The van der Waals surface area contributed by atoms with Gasteiger partial charge in [-0.2, -0.15) is 0 Å². The Balaban J connectivity index is 2.71. The average molecular weight is 225 g/mol. The number of hydrogen-bond donors (Lipinski definition) is 0. The molecule has 0 saturated carbocycles. The van der Waals surface area contributed by atoms with Crippen LogP contribution in [0.5, 0.6) is 0 Å². The van der Waals surface area contributed by atoms with Gasteiger partial charge in [0.2, 0.25) is 0 Å². The van der Waals surface area contributed by atoms with E-state index in [1.807, 2.05) is 0 Å². The molecule has 0 N–H and O–H groups in total. The van der Waals surface area contributed by atoms with Gasteiger partial charge in [0, 0.05) is 5.54 Å². The van der Waals surface area contributed by atoms with E-state index in [4.69, 9.17) is 0 Å². The Labute approximate surface area is 103 Å². The number of hydrogen-bond acceptors (Lipinski definition) is 1. The molecule has 1 nitrogen and oxygen atoms in total. The first-order valence-electron chi connectivity index (χ1n) is 7.07. The highest BCUT2D eigenvalue weighted by Crippen LogP contribution is 2.42. The third kappa shape index (κ3) is 3.00. The van der Waals surface area contributed by atoms with Crippen molar-refractivity contribution in [3.8, 4) is 0 Å². The first kappa shape index (κ1) is 14.0. The van der Waals surface area contributed by atoms with Crippen molar-refractivity contribution in [2.75, 3.05) is 13.1 Å². The Morgan fingerprint density at radius 1 is 1.12 bits per heavy atom. The summed E-state index contributed by atoms with van der Waals surface area (Å²) in [6.07, 6.45) is 5.54. The highest BCUT2D eigenvalue weighted by atomic mass is 15.2. The summed E-state index contributed by atoms with van der Waals surface area (Å²) in [6, 6.07) is 0. The van der Waals surface area contributed by atoms with Crippen LogP contribution in [0.25, 0.3) is 0 Å². The summed E-state index contributed by atoms with van der Waals surface area (Å²) in [5, 5.41) is 0. The van der Waals surface area contributed by atoms with Crippen molar-refractivity contribution in [3.05, 3.63) is 0 Å². The van der Waals surface area contributed by atoms with Crippen molar-refractivity contribution in [3.63, 3.8) is 0 Å². The smallest absolute Gasteiger partial charge is 0.0125 e. The molecule has 1 saturated heterocycles. The molecule has 0 spiro atoms. The van der Waals surface area contributed by atoms with Gasteiger partial charge in [-0.15, -0.1) is 0 Å². The summed E-state index contributed by atoms with van der Waals surface area (Å²) < 4.78 is 0. The van der Waals surface area contributed by atoms with Gasteiger partial charge in [0.25, 0.3) is 0 Å². The minimum absolute atomic E-state index is 0.348. The number of rotatable bonds is 2. The van der Waals surface area contributed by atoms with Gasteiger partial charge in [0.1, 0.15) is 0 Å². The predicted octanol–water partition coefficient (Wildman–Crippen LogP) is 4.32. The molecule has 1 rings (SSSR count). The summed E-state index contributed by atoms with van der Waals surface area (Å²) in [7, 11) is 0. The van der Waals surface area contributed by atoms with Gasteiger partial charge in [0.15, 0.2) is 0 Å². The van der Waals surface area contributed by atoms with Crippen molar-refractivity contribution in [2.24, 2.45) is 11.3 Å². The molecular formula is C15H31N. The van der Waals surface area contributed by atoms with Crippen LogP contribution < -0.4 is 0 Å². The quantitative estimate of drug-likeness (QED) is 0.676. The summed E-state index contributed by atoms with van der Waals surface area (Å²) in [4.78, 5) is 2.67. The Kier molecular flexibility index (Phi) is 4.45. The van der Waals surface area contributed by atoms with E-state index < -0.39 is 0 Å². The van der Waals surface area contributed by atoms with Crippen LogP contribution in [0.4, 0.5) is 0 Å². The lowest BCUT2D eigenvalue weighted by molar-refractivity contribution is 0.115. The average Bonchev–Trinajstić information content (AvgIpc) is 2.39. The van der Waals surface area contributed by atoms with Crippen LogP contribution in [0, 0.1) is 11.3 Å². The highest BCUT2D eigenvalue weighted by molar-refractivity contribution is 4.88. The van der Waals surface area contributed by atoms with Crippen molar-refractivity contribution in [1.82, 2.24) is 4.90 Å². The highest BCUT2D eigenvalue weighted by Gasteiger charge is 2.35. The van der Waals surface area contributed by atoms with Crippen LogP contribution in [-0.4, -0.2) is 23.5 Å². The molecule has 1 aliphatic heterocycles. The van der Waals surface area contributed by atoms with Crippen molar-refractivity contribution >= 4 is 0 Å². The molecular weight excluding hydrogens is 194 g/mol. The summed E-state index contributed by atoms with van der Waals surface area (Å²) in [5.74, 6) is 0.831. The van der Waals surface area contributed by atoms with Crippen molar-refractivity contribution in [1.29, 1.82) is 0 Å². The third-order valence-electron chi connectivity index (χ3n) is 4.86.